The number of carboxylic acid groups (broad SMARTS) is 1. The van der Waals surface area contributed by atoms with Crippen molar-refractivity contribution in [3.05, 3.63) is 46.6 Å². The zero-order valence-electron chi connectivity index (χ0n) is 16.6. The molecule has 0 radical (unpaired) electrons. The molecule has 1 atom stereocenters. The van der Waals surface area contributed by atoms with E-state index in [1.54, 1.807) is 11.3 Å². The minimum atomic E-state index is -0.762. The van der Waals surface area contributed by atoms with Crippen molar-refractivity contribution in [3.8, 4) is 11.1 Å². The van der Waals surface area contributed by atoms with E-state index in [-0.39, 0.29) is 0 Å². The number of hydrogen-bond donors (Lipinski definition) is 2. The van der Waals surface area contributed by atoms with Crippen LogP contribution in [0.25, 0.3) is 21.3 Å². The van der Waals surface area contributed by atoms with Crippen LogP contribution in [-0.4, -0.2) is 22.6 Å². The Bertz CT molecular complexity index is 1040. The quantitative estimate of drug-likeness (QED) is 0.565. The molecular formula is C23H26N2O2S. The van der Waals surface area contributed by atoms with Gasteiger partial charge >= 0.3 is 5.97 Å². The lowest BCUT2D eigenvalue weighted by atomic mass is 9.84. The van der Waals surface area contributed by atoms with Crippen molar-refractivity contribution >= 4 is 32.5 Å². The molecule has 146 valence electrons. The summed E-state index contributed by atoms with van der Waals surface area (Å²) in [5.41, 5.74) is 6.38. The molecule has 4 nitrogen and oxygen atoms in total. The second-order valence-corrected chi connectivity index (χ2v) is 8.65. The minimum absolute atomic E-state index is 0.537. The van der Waals surface area contributed by atoms with Crippen molar-refractivity contribution in [1.29, 1.82) is 0 Å². The molecular weight excluding hydrogens is 368 g/mol. The summed E-state index contributed by atoms with van der Waals surface area (Å²) in [4.78, 5) is 18.1. The highest BCUT2D eigenvalue weighted by Gasteiger charge is 2.30. The van der Waals surface area contributed by atoms with Crippen molar-refractivity contribution in [2.75, 3.05) is 11.9 Å². The Labute approximate surface area is 169 Å². The fourth-order valence-electron chi connectivity index (χ4n) is 4.29. The lowest BCUT2D eigenvalue weighted by Gasteiger charge is -2.21. The second kappa shape index (κ2) is 7.55. The van der Waals surface area contributed by atoms with E-state index >= 15 is 0 Å². The number of nitrogens with one attached hydrogen (secondary N) is 1. The summed E-state index contributed by atoms with van der Waals surface area (Å²) in [6.45, 7) is 7.06. The SMILES string of the molecule is CCCC(C(=O)O)c1c(C)nc2sc3c(c2c1-c1ccc(C)cc1)CCCN3. The van der Waals surface area contributed by atoms with E-state index in [2.05, 4.69) is 36.5 Å². The fourth-order valence-corrected chi connectivity index (χ4v) is 5.50. The number of fused-ring (bicyclic) bond motifs is 3. The van der Waals surface area contributed by atoms with Crippen molar-refractivity contribution in [2.45, 2.75) is 52.4 Å². The molecule has 1 unspecified atom stereocenters. The van der Waals surface area contributed by atoms with Gasteiger partial charge in [0.25, 0.3) is 0 Å². The molecule has 1 aliphatic rings. The van der Waals surface area contributed by atoms with Gasteiger partial charge in [-0.3, -0.25) is 4.79 Å². The van der Waals surface area contributed by atoms with Gasteiger partial charge < -0.3 is 10.4 Å². The van der Waals surface area contributed by atoms with Crippen LogP contribution < -0.4 is 5.32 Å². The average Bonchev–Trinajstić information content (AvgIpc) is 3.04. The van der Waals surface area contributed by atoms with Crippen LogP contribution in [0.15, 0.2) is 24.3 Å². The fraction of sp³-hybridized carbons (Fsp3) is 0.391. The van der Waals surface area contributed by atoms with E-state index in [4.69, 9.17) is 4.98 Å². The largest absolute Gasteiger partial charge is 0.481 e. The van der Waals surface area contributed by atoms with Crippen LogP contribution in [0, 0.1) is 13.8 Å². The Hall–Kier alpha value is -2.40. The summed E-state index contributed by atoms with van der Waals surface area (Å²) >= 11 is 1.70. The number of hydrogen-bond acceptors (Lipinski definition) is 4. The predicted molar refractivity (Wildman–Crippen MR) is 117 cm³/mol. The van der Waals surface area contributed by atoms with Crippen LogP contribution in [0.2, 0.25) is 0 Å². The molecule has 3 aromatic rings. The van der Waals surface area contributed by atoms with Crippen molar-refractivity contribution in [1.82, 2.24) is 4.98 Å². The first-order valence-electron chi connectivity index (χ1n) is 10.0. The number of carboxylic acids is 1. The van der Waals surface area contributed by atoms with Crippen LogP contribution in [-0.2, 0) is 11.2 Å². The predicted octanol–water partition coefficient (Wildman–Crippen LogP) is 5.91. The number of anilines is 1. The maximum absolute atomic E-state index is 12.2. The number of thiophene rings is 1. The minimum Gasteiger partial charge on any atom is -0.481 e. The smallest absolute Gasteiger partial charge is 0.311 e. The summed E-state index contributed by atoms with van der Waals surface area (Å²) in [7, 11) is 0. The van der Waals surface area contributed by atoms with Gasteiger partial charge in [0.2, 0.25) is 0 Å². The van der Waals surface area contributed by atoms with Gasteiger partial charge in [-0.2, -0.15) is 0 Å². The maximum atomic E-state index is 12.2. The molecule has 4 rings (SSSR count). The third kappa shape index (κ3) is 3.18. The van der Waals surface area contributed by atoms with Gasteiger partial charge in [-0.1, -0.05) is 54.5 Å². The topological polar surface area (TPSA) is 62.2 Å². The highest BCUT2D eigenvalue weighted by molar-refractivity contribution is 7.22. The summed E-state index contributed by atoms with van der Waals surface area (Å²) in [6, 6.07) is 8.46. The van der Waals surface area contributed by atoms with Crippen LogP contribution in [0.1, 0.15) is 54.5 Å². The molecule has 0 saturated heterocycles. The Morgan fingerprint density at radius 2 is 2.04 bits per heavy atom. The maximum Gasteiger partial charge on any atom is 0.311 e. The first kappa shape index (κ1) is 18.9. The van der Waals surface area contributed by atoms with Gasteiger partial charge in [0.1, 0.15) is 4.83 Å². The zero-order chi connectivity index (χ0) is 19.8. The number of benzene rings is 1. The monoisotopic (exact) mass is 394 g/mol. The van der Waals surface area contributed by atoms with E-state index in [0.29, 0.717) is 6.42 Å². The van der Waals surface area contributed by atoms with E-state index in [1.807, 2.05) is 13.8 Å². The molecule has 0 fully saturated rings. The number of aryl methyl sites for hydroxylation is 3. The van der Waals surface area contributed by atoms with E-state index in [9.17, 15) is 9.90 Å². The number of rotatable bonds is 5. The second-order valence-electron chi connectivity index (χ2n) is 7.65. The molecule has 2 aromatic heterocycles. The van der Waals surface area contributed by atoms with Crippen LogP contribution in [0.4, 0.5) is 5.00 Å². The molecule has 5 heteroatoms. The highest BCUT2D eigenvalue weighted by Crippen LogP contribution is 2.46. The first-order valence-corrected chi connectivity index (χ1v) is 10.8. The standard InChI is InChI=1S/C23H26N2O2S/c1-4-6-17(23(26)27)18-14(3)25-22-20(16-7-5-12-24-21(16)28-22)19(18)15-10-8-13(2)9-11-15/h8-11,17,24H,4-7,12H2,1-3H3,(H,26,27). The number of pyridine rings is 1. The van der Waals surface area contributed by atoms with Crippen molar-refractivity contribution < 1.29 is 9.90 Å². The van der Waals surface area contributed by atoms with E-state index in [0.717, 1.165) is 58.4 Å². The first-order chi connectivity index (χ1) is 13.5. The molecule has 28 heavy (non-hydrogen) atoms. The lowest BCUT2D eigenvalue weighted by molar-refractivity contribution is -0.139. The van der Waals surface area contributed by atoms with Gasteiger partial charge in [0.15, 0.2) is 0 Å². The average molecular weight is 395 g/mol. The van der Waals surface area contributed by atoms with E-state index < -0.39 is 11.9 Å². The number of aromatic nitrogens is 1. The van der Waals surface area contributed by atoms with Gasteiger partial charge in [0, 0.05) is 17.6 Å². The van der Waals surface area contributed by atoms with E-state index in [1.165, 1.54) is 16.1 Å². The molecule has 1 aromatic carbocycles. The van der Waals surface area contributed by atoms with Crippen LogP contribution in [0.3, 0.4) is 0 Å². The van der Waals surface area contributed by atoms with Crippen LogP contribution in [0.5, 0.6) is 0 Å². The third-order valence-corrected chi connectivity index (χ3v) is 6.70. The van der Waals surface area contributed by atoms with Crippen LogP contribution >= 0.6 is 11.3 Å². The summed E-state index contributed by atoms with van der Waals surface area (Å²) < 4.78 is 0. The Morgan fingerprint density at radius 3 is 2.71 bits per heavy atom. The molecule has 0 spiro atoms. The summed E-state index contributed by atoms with van der Waals surface area (Å²) in [5.74, 6) is -1.30. The molecule has 0 bridgehead atoms. The lowest BCUT2D eigenvalue weighted by Crippen LogP contribution is -2.15. The summed E-state index contributed by atoms with van der Waals surface area (Å²) in [5, 5.41) is 15.9. The van der Waals surface area contributed by atoms with Gasteiger partial charge in [-0.25, -0.2) is 4.98 Å². The van der Waals surface area contributed by atoms with Gasteiger partial charge in [0.05, 0.1) is 10.9 Å². The number of nitrogens with zero attached hydrogens (tertiary/aromatic N) is 1. The Kier molecular flexibility index (Phi) is 5.11. The molecule has 0 saturated carbocycles. The molecule has 0 aliphatic carbocycles. The van der Waals surface area contributed by atoms with Crippen molar-refractivity contribution in [3.63, 3.8) is 0 Å². The van der Waals surface area contributed by atoms with Gasteiger partial charge in [-0.15, -0.1) is 0 Å². The molecule has 3 heterocycles. The summed E-state index contributed by atoms with van der Waals surface area (Å²) in [6.07, 6.45) is 3.54. The zero-order valence-corrected chi connectivity index (χ0v) is 17.4. The normalized spacial score (nSPS) is 14.5. The third-order valence-electron chi connectivity index (χ3n) is 5.62. The molecule has 0 amide bonds. The van der Waals surface area contributed by atoms with Crippen molar-refractivity contribution in [2.24, 2.45) is 0 Å². The Balaban J connectivity index is 2.09. The highest BCUT2D eigenvalue weighted by atomic mass is 32.1. The number of carbonyl (C=O) groups is 1. The number of aliphatic carboxylic acids is 1. The van der Waals surface area contributed by atoms with Gasteiger partial charge in [-0.05, 0) is 55.4 Å². The molecule has 1 aliphatic heterocycles. The Morgan fingerprint density at radius 1 is 1.29 bits per heavy atom. The molecule has 2 N–H and O–H groups in total.